The molecule has 1 aliphatic carbocycles. The number of aromatic nitrogens is 3. The summed E-state index contributed by atoms with van der Waals surface area (Å²) in [6, 6.07) is 10.1. The van der Waals surface area contributed by atoms with Crippen molar-refractivity contribution in [2.45, 2.75) is 50.2 Å². The number of nitrogens with zero attached hydrogens (tertiary/aromatic N) is 3. The summed E-state index contributed by atoms with van der Waals surface area (Å²) in [6.45, 7) is 3.93. The first-order valence-corrected chi connectivity index (χ1v) is 9.49. The van der Waals surface area contributed by atoms with Crippen LogP contribution in [-0.4, -0.2) is 32.5 Å². The van der Waals surface area contributed by atoms with Crippen LogP contribution in [0.15, 0.2) is 42.9 Å². The van der Waals surface area contributed by atoms with Gasteiger partial charge < -0.3 is 19.8 Å². The van der Waals surface area contributed by atoms with Crippen molar-refractivity contribution >= 4 is 28.5 Å². The molecular weight excluding hydrogens is 364 g/mol. The summed E-state index contributed by atoms with van der Waals surface area (Å²) in [7, 11) is 0. The Morgan fingerprint density at radius 2 is 2.00 bits per heavy atom. The Morgan fingerprint density at radius 1 is 1.19 bits per heavy atom. The summed E-state index contributed by atoms with van der Waals surface area (Å²) < 4.78 is 14.8. The second-order valence-corrected chi connectivity index (χ2v) is 8.18. The van der Waals surface area contributed by atoms with Crippen molar-refractivity contribution in [2.75, 3.05) is 5.73 Å². The molecule has 0 amide bonds. The summed E-state index contributed by atoms with van der Waals surface area (Å²) >= 11 is 6.25. The molecule has 1 saturated carbocycles. The minimum absolute atomic E-state index is 0.0416. The summed E-state index contributed by atoms with van der Waals surface area (Å²) in [4.78, 5) is 8.56. The molecule has 3 heterocycles. The minimum Gasteiger partial charge on any atom is -0.383 e. The molecule has 3 aromatic rings. The van der Waals surface area contributed by atoms with Gasteiger partial charge in [0.25, 0.3) is 0 Å². The number of fused-ring (bicyclic) bond motifs is 2. The average Bonchev–Trinajstić information content (AvgIpc) is 3.26. The van der Waals surface area contributed by atoms with Gasteiger partial charge in [-0.1, -0.05) is 23.7 Å². The van der Waals surface area contributed by atoms with Crippen molar-refractivity contribution in [3.8, 4) is 0 Å². The lowest BCUT2D eigenvalue weighted by molar-refractivity contribution is -0.157. The lowest BCUT2D eigenvalue weighted by atomic mass is 9.95. The molecule has 1 aliphatic heterocycles. The topological polar surface area (TPSA) is 75.2 Å². The van der Waals surface area contributed by atoms with Crippen molar-refractivity contribution < 1.29 is 9.47 Å². The Labute approximate surface area is 162 Å². The van der Waals surface area contributed by atoms with Crippen LogP contribution >= 0.6 is 11.6 Å². The van der Waals surface area contributed by atoms with Crippen LogP contribution in [0.2, 0.25) is 5.02 Å². The molecule has 140 valence electrons. The fourth-order valence-electron chi connectivity index (χ4n) is 4.55. The fourth-order valence-corrected chi connectivity index (χ4v) is 4.75. The molecule has 0 radical (unpaired) electrons. The Kier molecular flexibility index (Phi) is 3.73. The number of ether oxygens (including phenoxy) is 2. The van der Waals surface area contributed by atoms with E-state index in [1.54, 1.807) is 0 Å². The first kappa shape index (κ1) is 17.0. The van der Waals surface area contributed by atoms with Gasteiger partial charge in [-0.05, 0) is 44.0 Å². The van der Waals surface area contributed by atoms with E-state index >= 15 is 0 Å². The SMILES string of the molecule is CC1(C)O[C@@H]2[C@H](O1)[C@@H](c1cccc(Cl)c1)C[C@H]2n1ccc2c(N)ncnc21. The third-order valence-corrected chi connectivity index (χ3v) is 5.84. The van der Waals surface area contributed by atoms with Gasteiger partial charge in [0, 0.05) is 17.1 Å². The molecule has 6 nitrogen and oxygen atoms in total. The molecule has 1 saturated heterocycles. The first-order valence-electron chi connectivity index (χ1n) is 9.11. The van der Waals surface area contributed by atoms with E-state index in [0.29, 0.717) is 5.82 Å². The van der Waals surface area contributed by atoms with Gasteiger partial charge in [0.2, 0.25) is 0 Å². The monoisotopic (exact) mass is 384 g/mol. The highest BCUT2D eigenvalue weighted by molar-refractivity contribution is 6.30. The molecule has 0 unspecified atom stereocenters. The first-order chi connectivity index (χ1) is 12.9. The van der Waals surface area contributed by atoms with Gasteiger partial charge >= 0.3 is 0 Å². The predicted octanol–water partition coefficient (Wildman–Crippen LogP) is 3.92. The summed E-state index contributed by atoms with van der Waals surface area (Å²) in [5.41, 5.74) is 8.02. The van der Waals surface area contributed by atoms with Crippen LogP contribution in [-0.2, 0) is 9.47 Å². The maximum absolute atomic E-state index is 6.32. The third kappa shape index (κ3) is 2.71. The van der Waals surface area contributed by atoms with Gasteiger partial charge in [-0.2, -0.15) is 0 Å². The minimum atomic E-state index is -0.623. The highest BCUT2D eigenvalue weighted by atomic mass is 35.5. The molecule has 2 aromatic heterocycles. The van der Waals surface area contributed by atoms with Crippen LogP contribution in [0, 0.1) is 0 Å². The van der Waals surface area contributed by atoms with E-state index in [1.807, 2.05) is 44.3 Å². The molecule has 1 aromatic carbocycles. The van der Waals surface area contributed by atoms with Crippen LogP contribution in [0.5, 0.6) is 0 Å². The standard InChI is InChI=1S/C20H21ClN4O2/c1-20(2)26-16-14(11-4-3-5-12(21)8-11)9-15(17(16)27-20)25-7-6-13-18(22)23-10-24-19(13)25/h3-8,10,14-17H,9H2,1-2H3,(H2,22,23,24)/t14-,15-,16-,17+/m1/s1. The molecule has 2 fully saturated rings. The Hall–Kier alpha value is -2.15. The number of benzene rings is 1. The van der Waals surface area contributed by atoms with Crippen molar-refractivity contribution in [3.63, 3.8) is 0 Å². The average molecular weight is 385 g/mol. The van der Waals surface area contributed by atoms with E-state index in [2.05, 4.69) is 20.6 Å². The van der Waals surface area contributed by atoms with Gasteiger partial charge in [-0.15, -0.1) is 0 Å². The molecule has 0 bridgehead atoms. The van der Waals surface area contributed by atoms with E-state index in [4.69, 9.17) is 26.8 Å². The van der Waals surface area contributed by atoms with Gasteiger partial charge in [-0.3, -0.25) is 0 Å². The Morgan fingerprint density at radius 3 is 2.81 bits per heavy atom. The van der Waals surface area contributed by atoms with Crippen molar-refractivity contribution in [3.05, 3.63) is 53.4 Å². The van der Waals surface area contributed by atoms with Crippen molar-refractivity contribution in [2.24, 2.45) is 0 Å². The quantitative estimate of drug-likeness (QED) is 0.724. The number of halogens is 1. The molecular formula is C20H21ClN4O2. The molecule has 4 atom stereocenters. The predicted molar refractivity (Wildman–Crippen MR) is 104 cm³/mol. The summed E-state index contributed by atoms with van der Waals surface area (Å²) in [5, 5.41) is 1.59. The molecule has 27 heavy (non-hydrogen) atoms. The van der Waals surface area contributed by atoms with Crippen molar-refractivity contribution in [1.82, 2.24) is 14.5 Å². The van der Waals surface area contributed by atoms with Gasteiger partial charge in [0.05, 0.1) is 17.5 Å². The number of anilines is 1. The summed E-state index contributed by atoms with van der Waals surface area (Å²) in [5.74, 6) is 0.0580. The molecule has 0 spiro atoms. The maximum atomic E-state index is 6.32. The van der Waals surface area contributed by atoms with Crippen LogP contribution in [0.3, 0.4) is 0 Å². The normalized spacial score (nSPS) is 29.3. The van der Waals surface area contributed by atoms with Crippen LogP contribution in [0.4, 0.5) is 5.82 Å². The second kappa shape index (κ2) is 5.92. The smallest absolute Gasteiger partial charge is 0.163 e. The van der Waals surface area contributed by atoms with E-state index < -0.39 is 5.79 Å². The zero-order chi connectivity index (χ0) is 18.8. The largest absolute Gasteiger partial charge is 0.383 e. The number of hydrogen-bond acceptors (Lipinski definition) is 5. The van der Waals surface area contributed by atoms with Crippen molar-refractivity contribution in [1.29, 1.82) is 0 Å². The molecule has 5 rings (SSSR count). The highest BCUT2D eigenvalue weighted by Gasteiger charge is 2.55. The number of nitrogen functional groups attached to an aromatic ring is 1. The highest BCUT2D eigenvalue weighted by Crippen LogP contribution is 2.51. The lowest BCUT2D eigenvalue weighted by Crippen LogP contribution is -2.27. The lowest BCUT2D eigenvalue weighted by Gasteiger charge is -2.24. The number of nitrogens with two attached hydrogens (primary N) is 1. The molecule has 7 heteroatoms. The zero-order valence-corrected chi connectivity index (χ0v) is 15.9. The summed E-state index contributed by atoms with van der Waals surface area (Å²) in [6.07, 6.45) is 4.28. The van der Waals surface area contributed by atoms with Gasteiger partial charge in [-0.25, -0.2) is 9.97 Å². The second-order valence-electron chi connectivity index (χ2n) is 7.75. The number of rotatable bonds is 2. The van der Waals surface area contributed by atoms with E-state index in [-0.39, 0.29) is 24.2 Å². The molecule has 2 N–H and O–H groups in total. The van der Waals surface area contributed by atoms with Crippen LogP contribution < -0.4 is 5.73 Å². The van der Waals surface area contributed by atoms with Gasteiger partial charge in [0.15, 0.2) is 5.79 Å². The Balaban J connectivity index is 1.59. The number of hydrogen-bond donors (Lipinski definition) is 1. The maximum Gasteiger partial charge on any atom is 0.163 e. The van der Waals surface area contributed by atoms with Gasteiger partial charge in [0.1, 0.15) is 23.9 Å². The third-order valence-electron chi connectivity index (χ3n) is 5.61. The van der Waals surface area contributed by atoms with Crippen LogP contribution in [0.1, 0.15) is 37.8 Å². The fraction of sp³-hybridized carbons (Fsp3) is 0.400. The van der Waals surface area contributed by atoms with E-state index in [9.17, 15) is 0 Å². The molecule has 2 aliphatic rings. The Bertz CT molecular complexity index is 1020. The van der Waals surface area contributed by atoms with E-state index in [0.717, 1.165) is 22.5 Å². The van der Waals surface area contributed by atoms with Crippen LogP contribution in [0.25, 0.3) is 11.0 Å². The zero-order valence-electron chi connectivity index (χ0n) is 15.2. The van der Waals surface area contributed by atoms with E-state index in [1.165, 1.54) is 11.9 Å².